The first-order chi connectivity index (χ1) is 11.6. The molecule has 3 rings (SSSR count). The highest BCUT2D eigenvalue weighted by Crippen LogP contribution is 2.23. The van der Waals surface area contributed by atoms with Crippen molar-refractivity contribution in [2.24, 2.45) is 5.92 Å². The van der Waals surface area contributed by atoms with Crippen molar-refractivity contribution in [3.05, 3.63) is 35.4 Å². The third kappa shape index (κ3) is 3.91. The first kappa shape index (κ1) is 14.7. The molecule has 1 unspecified atom stereocenters. The second-order valence-electron chi connectivity index (χ2n) is 6.45. The number of amides is 2. The van der Waals surface area contributed by atoms with Crippen LogP contribution in [0.3, 0.4) is 0 Å². The van der Waals surface area contributed by atoms with Crippen molar-refractivity contribution in [3.63, 3.8) is 0 Å². The third-order valence-electron chi connectivity index (χ3n) is 4.92. The highest BCUT2D eigenvalue weighted by Gasteiger charge is 2.30. The standard InChI is InChI=1S/C18H25N3O2/c22-14-19-8-11-20-9-3-6-17(12-20)18(23)21-10-7-15-4-1-2-5-16(15)13-21/h1-2,4-5,14,17H,3,6-13H2,(H,19,22)/i14D. The van der Waals surface area contributed by atoms with Gasteiger partial charge in [0.2, 0.25) is 12.3 Å². The number of carbonyl (C=O) groups excluding carboxylic acids is 2. The van der Waals surface area contributed by atoms with Gasteiger partial charge in [0.15, 0.2) is 0 Å². The lowest BCUT2D eigenvalue weighted by molar-refractivity contribution is -0.138. The van der Waals surface area contributed by atoms with Crippen molar-refractivity contribution in [1.82, 2.24) is 15.1 Å². The van der Waals surface area contributed by atoms with E-state index in [0.717, 1.165) is 45.4 Å². The second kappa shape index (κ2) is 7.59. The van der Waals surface area contributed by atoms with Crippen molar-refractivity contribution in [2.75, 3.05) is 32.7 Å². The van der Waals surface area contributed by atoms with Gasteiger partial charge >= 0.3 is 0 Å². The summed E-state index contributed by atoms with van der Waals surface area (Å²) in [6.07, 6.45) is 2.15. The largest absolute Gasteiger partial charge is 0.357 e. The fourth-order valence-corrected chi connectivity index (χ4v) is 3.67. The van der Waals surface area contributed by atoms with Crippen LogP contribution in [0.15, 0.2) is 24.3 Å². The van der Waals surface area contributed by atoms with Crippen LogP contribution in [0.1, 0.15) is 25.3 Å². The average molecular weight is 316 g/mol. The Morgan fingerprint density at radius 2 is 2.17 bits per heavy atom. The zero-order valence-electron chi connectivity index (χ0n) is 14.5. The molecule has 0 aliphatic carbocycles. The molecule has 1 aromatic carbocycles. The Balaban J connectivity index is 1.54. The van der Waals surface area contributed by atoms with Gasteiger partial charge in [0.1, 0.15) is 1.37 Å². The Hall–Kier alpha value is -1.88. The van der Waals surface area contributed by atoms with Gasteiger partial charge < -0.3 is 15.1 Å². The molecule has 1 N–H and O–H groups in total. The normalized spacial score (nSPS) is 22.2. The Kier molecular flexibility index (Phi) is 4.85. The molecule has 0 bridgehead atoms. The van der Waals surface area contributed by atoms with Crippen LogP contribution in [-0.2, 0) is 22.6 Å². The molecule has 2 aliphatic rings. The van der Waals surface area contributed by atoms with E-state index in [9.17, 15) is 9.59 Å². The quantitative estimate of drug-likeness (QED) is 0.844. The fourth-order valence-electron chi connectivity index (χ4n) is 3.67. The summed E-state index contributed by atoms with van der Waals surface area (Å²) in [5, 5.41) is 2.50. The molecule has 2 aliphatic heterocycles. The SMILES string of the molecule is [2H]C(=O)NCCN1CCCC(C(=O)N2CCc3ccccc3C2)C1. The Bertz CT molecular complexity index is 608. The van der Waals surface area contributed by atoms with Crippen LogP contribution in [0.2, 0.25) is 0 Å². The van der Waals surface area contributed by atoms with Gasteiger partial charge in [0.25, 0.3) is 0 Å². The first-order valence-electron chi connectivity index (χ1n) is 8.96. The number of hydrogen-bond acceptors (Lipinski definition) is 3. The van der Waals surface area contributed by atoms with E-state index in [4.69, 9.17) is 1.37 Å². The predicted octanol–water partition coefficient (Wildman–Crippen LogP) is 1.03. The number of likely N-dealkylation sites (tertiary alicyclic amines) is 1. The van der Waals surface area contributed by atoms with E-state index in [1.54, 1.807) is 0 Å². The highest BCUT2D eigenvalue weighted by atomic mass is 16.2. The molecule has 124 valence electrons. The zero-order chi connectivity index (χ0) is 16.9. The summed E-state index contributed by atoms with van der Waals surface area (Å²) in [6, 6.07) is 8.37. The molecule has 5 heteroatoms. The third-order valence-corrected chi connectivity index (χ3v) is 4.92. The number of nitrogens with one attached hydrogen (secondary N) is 1. The number of benzene rings is 1. The minimum absolute atomic E-state index is 0.0516. The fraction of sp³-hybridized carbons (Fsp3) is 0.556. The molecule has 0 spiro atoms. The number of rotatable bonds is 4. The number of piperidine rings is 1. The summed E-state index contributed by atoms with van der Waals surface area (Å²) in [5.41, 5.74) is 2.63. The van der Waals surface area contributed by atoms with Crippen molar-refractivity contribution in [2.45, 2.75) is 25.8 Å². The number of fused-ring (bicyclic) bond motifs is 1. The van der Waals surface area contributed by atoms with Crippen LogP contribution in [0.25, 0.3) is 0 Å². The molecule has 5 nitrogen and oxygen atoms in total. The summed E-state index contributed by atoms with van der Waals surface area (Å²) in [4.78, 5) is 27.8. The minimum Gasteiger partial charge on any atom is -0.357 e. The maximum atomic E-state index is 12.9. The van der Waals surface area contributed by atoms with E-state index in [1.165, 1.54) is 11.1 Å². The van der Waals surface area contributed by atoms with E-state index in [1.807, 2.05) is 11.0 Å². The van der Waals surface area contributed by atoms with Gasteiger partial charge in [-0.15, -0.1) is 0 Å². The van der Waals surface area contributed by atoms with Gasteiger partial charge in [-0.25, -0.2) is 0 Å². The van der Waals surface area contributed by atoms with Crippen molar-refractivity contribution in [3.8, 4) is 0 Å². The van der Waals surface area contributed by atoms with Crippen LogP contribution in [0.4, 0.5) is 0 Å². The van der Waals surface area contributed by atoms with Gasteiger partial charge in [0.05, 0.1) is 5.92 Å². The predicted molar refractivity (Wildman–Crippen MR) is 88.8 cm³/mol. The molecule has 1 aromatic rings. The first-order valence-corrected chi connectivity index (χ1v) is 8.46. The van der Waals surface area contributed by atoms with Crippen LogP contribution in [0.5, 0.6) is 0 Å². The zero-order valence-corrected chi connectivity index (χ0v) is 13.5. The topological polar surface area (TPSA) is 52.7 Å². The Morgan fingerprint density at radius 1 is 1.35 bits per heavy atom. The molecule has 23 heavy (non-hydrogen) atoms. The molecule has 2 heterocycles. The summed E-state index contributed by atoms with van der Waals surface area (Å²) >= 11 is 0. The van der Waals surface area contributed by atoms with E-state index >= 15 is 0 Å². The molecule has 2 amide bonds. The maximum Gasteiger partial charge on any atom is 0.227 e. The van der Waals surface area contributed by atoms with Crippen LogP contribution >= 0.6 is 0 Å². The number of nitrogens with zero attached hydrogens (tertiary/aromatic N) is 2. The molecule has 1 atom stereocenters. The number of hydrogen-bond donors (Lipinski definition) is 1. The summed E-state index contributed by atoms with van der Waals surface area (Å²) in [5.74, 6) is 0.314. The van der Waals surface area contributed by atoms with Crippen LogP contribution < -0.4 is 5.32 Å². The number of carbonyl (C=O) groups is 2. The molecular weight excluding hydrogens is 290 g/mol. The molecule has 1 fully saturated rings. The van der Waals surface area contributed by atoms with Gasteiger partial charge in [-0.1, -0.05) is 24.3 Å². The molecule has 1 saturated heterocycles. The van der Waals surface area contributed by atoms with Crippen molar-refractivity contribution < 1.29 is 11.0 Å². The summed E-state index contributed by atoms with van der Waals surface area (Å²) in [7, 11) is 0. The van der Waals surface area contributed by atoms with Gasteiger partial charge in [-0.05, 0) is 36.9 Å². The van der Waals surface area contributed by atoms with E-state index in [-0.39, 0.29) is 11.8 Å². The molecular formula is C18H25N3O2. The van der Waals surface area contributed by atoms with Crippen LogP contribution in [0, 0.1) is 5.92 Å². The van der Waals surface area contributed by atoms with Crippen LogP contribution in [-0.4, -0.2) is 54.8 Å². The second-order valence-corrected chi connectivity index (χ2v) is 6.45. The molecule has 0 saturated carbocycles. The Morgan fingerprint density at radius 3 is 3.00 bits per heavy atom. The lowest BCUT2D eigenvalue weighted by Crippen LogP contribution is -2.47. The minimum atomic E-state index is -0.744. The van der Waals surface area contributed by atoms with E-state index < -0.39 is 6.39 Å². The van der Waals surface area contributed by atoms with E-state index in [0.29, 0.717) is 13.1 Å². The van der Waals surface area contributed by atoms with Gasteiger partial charge in [-0.3, -0.25) is 9.59 Å². The molecule has 0 radical (unpaired) electrons. The van der Waals surface area contributed by atoms with Crippen molar-refractivity contribution >= 4 is 12.3 Å². The lowest BCUT2D eigenvalue weighted by atomic mass is 9.94. The summed E-state index contributed by atoms with van der Waals surface area (Å²) < 4.78 is 6.87. The highest BCUT2D eigenvalue weighted by molar-refractivity contribution is 5.79. The van der Waals surface area contributed by atoms with Gasteiger partial charge in [0, 0.05) is 32.7 Å². The average Bonchev–Trinajstić information content (AvgIpc) is 2.60. The molecule has 0 aromatic heterocycles. The van der Waals surface area contributed by atoms with E-state index in [2.05, 4.69) is 28.4 Å². The lowest BCUT2D eigenvalue weighted by Gasteiger charge is -2.36. The van der Waals surface area contributed by atoms with Crippen molar-refractivity contribution in [1.29, 1.82) is 0 Å². The Labute approximate surface area is 139 Å². The summed E-state index contributed by atoms with van der Waals surface area (Å²) in [6.45, 7) is 4.42. The maximum absolute atomic E-state index is 12.9. The van der Waals surface area contributed by atoms with Gasteiger partial charge in [-0.2, -0.15) is 0 Å². The smallest absolute Gasteiger partial charge is 0.227 e. The monoisotopic (exact) mass is 316 g/mol.